The maximum Gasteiger partial charge on any atom is 0.416 e. The van der Waals surface area contributed by atoms with Crippen molar-refractivity contribution in [2.45, 2.75) is 25.4 Å². The number of nitrogens with zero attached hydrogens (tertiary/aromatic N) is 1. The van der Waals surface area contributed by atoms with Gasteiger partial charge in [0.15, 0.2) is 11.5 Å². The summed E-state index contributed by atoms with van der Waals surface area (Å²) < 4.78 is 55.3. The van der Waals surface area contributed by atoms with E-state index in [1.54, 1.807) is 24.1 Å². The monoisotopic (exact) mass is 397 g/mol. The standard InChI is InChI=1S/C20H22F3NO4/c1-24(9-15-4-2-3-5-17(15)20(21,22)23)10-16(25)12-26-11-14-6-7-18-19(8-14)28-13-27-18/h2-8,16,25H,9-13H2,1H3. The number of hydrogen-bond acceptors (Lipinski definition) is 5. The molecule has 152 valence electrons. The van der Waals surface area contributed by atoms with Crippen LogP contribution in [-0.2, 0) is 24.1 Å². The largest absolute Gasteiger partial charge is 0.454 e. The van der Waals surface area contributed by atoms with Gasteiger partial charge in [0.2, 0.25) is 6.79 Å². The molecule has 0 saturated carbocycles. The summed E-state index contributed by atoms with van der Waals surface area (Å²) in [5.41, 5.74) is 0.394. The summed E-state index contributed by atoms with van der Waals surface area (Å²) in [6.45, 7) is 0.818. The van der Waals surface area contributed by atoms with Crippen molar-refractivity contribution in [1.29, 1.82) is 0 Å². The predicted molar refractivity (Wildman–Crippen MR) is 96.0 cm³/mol. The molecule has 1 heterocycles. The van der Waals surface area contributed by atoms with Crippen LogP contribution in [0.1, 0.15) is 16.7 Å². The molecule has 1 atom stereocenters. The second-order valence-corrected chi connectivity index (χ2v) is 6.71. The Bertz CT molecular complexity index is 797. The summed E-state index contributed by atoms with van der Waals surface area (Å²) in [6.07, 6.45) is -5.22. The highest BCUT2D eigenvalue weighted by Gasteiger charge is 2.33. The number of ether oxygens (including phenoxy) is 3. The topological polar surface area (TPSA) is 51.2 Å². The van der Waals surface area contributed by atoms with Crippen LogP contribution in [0, 0.1) is 0 Å². The second-order valence-electron chi connectivity index (χ2n) is 6.71. The summed E-state index contributed by atoms with van der Waals surface area (Å²) in [6, 6.07) is 10.9. The Labute approximate surface area is 161 Å². The molecular formula is C20H22F3NO4. The Kier molecular flexibility index (Phi) is 6.43. The summed E-state index contributed by atoms with van der Waals surface area (Å²) in [7, 11) is 1.66. The molecule has 1 aliphatic heterocycles. The van der Waals surface area contributed by atoms with E-state index in [0.717, 1.165) is 11.6 Å². The van der Waals surface area contributed by atoms with Crippen LogP contribution in [-0.4, -0.2) is 43.1 Å². The Hall–Kier alpha value is -2.29. The van der Waals surface area contributed by atoms with Crippen molar-refractivity contribution in [3.8, 4) is 11.5 Å². The molecule has 3 rings (SSSR count). The number of rotatable bonds is 8. The number of benzene rings is 2. The molecule has 8 heteroatoms. The lowest BCUT2D eigenvalue weighted by Crippen LogP contribution is -2.32. The van der Waals surface area contributed by atoms with Gasteiger partial charge in [-0.2, -0.15) is 13.2 Å². The van der Waals surface area contributed by atoms with Gasteiger partial charge in [-0.25, -0.2) is 0 Å². The van der Waals surface area contributed by atoms with Gasteiger partial charge in [0.05, 0.1) is 24.9 Å². The first-order valence-corrected chi connectivity index (χ1v) is 8.81. The van der Waals surface area contributed by atoms with E-state index in [1.807, 2.05) is 12.1 Å². The minimum atomic E-state index is -4.40. The molecule has 0 bridgehead atoms. The van der Waals surface area contributed by atoms with E-state index in [0.29, 0.717) is 11.5 Å². The number of aliphatic hydroxyl groups is 1. The first kappa shape index (κ1) is 20.4. The van der Waals surface area contributed by atoms with Crippen LogP contribution in [0.4, 0.5) is 13.2 Å². The van der Waals surface area contributed by atoms with Gasteiger partial charge in [0.1, 0.15) is 0 Å². The average Bonchev–Trinajstić information content (AvgIpc) is 3.09. The number of halogens is 3. The van der Waals surface area contributed by atoms with E-state index in [-0.39, 0.29) is 38.7 Å². The van der Waals surface area contributed by atoms with Gasteiger partial charge in [-0.3, -0.25) is 4.90 Å². The predicted octanol–water partition coefficient (Wildman–Crippen LogP) is 3.44. The Morgan fingerprint density at radius 3 is 2.68 bits per heavy atom. The molecule has 2 aromatic rings. The smallest absolute Gasteiger partial charge is 0.416 e. The van der Waals surface area contributed by atoms with E-state index in [4.69, 9.17) is 14.2 Å². The van der Waals surface area contributed by atoms with Gasteiger partial charge in [0, 0.05) is 13.1 Å². The third kappa shape index (κ3) is 5.37. The van der Waals surface area contributed by atoms with Crippen LogP contribution >= 0.6 is 0 Å². The van der Waals surface area contributed by atoms with Gasteiger partial charge < -0.3 is 19.3 Å². The van der Waals surface area contributed by atoms with Crippen molar-refractivity contribution in [3.05, 3.63) is 59.2 Å². The Morgan fingerprint density at radius 2 is 1.89 bits per heavy atom. The Balaban J connectivity index is 1.45. The molecule has 5 nitrogen and oxygen atoms in total. The van der Waals surface area contributed by atoms with Crippen molar-refractivity contribution in [2.75, 3.05) is 27.0 Å². The van der Waals surface area contributed by atoms with Crippen LogP contribution in [0.2, 0.25) is 0 Å². The SMILES string of the molecule is CN(Cc1ccccc1C(F)(F)F)CC(O)COCc1ccc2c(c1)OCO2. The normalized spacial score (nSPS) is 14.5. The first-order valence-electron chi connectivity index (χ1n) is 8.81. The van der Waals surface area contributed by atoms with Crippen molar-refractivity contribution in [3.63, 3.8) is 0 Å². The Morgan fingerprint density at radius 1 is 1.14 bits per heavy atom. The maximum atomic E-state index is 13.1. The zero-order valence-electron chi connectivity index (χ0n) is 15.4. The third-order valence-electron chi connectivity index (χ3n) is 4.30. The molecule has 0 spiro atoms. The molecule has 28 heavy (non-hydrogen) atoms. The number of hydrogen-bond donors (Lipinski definition) is 1. The van der Waals surface area contributed by atoms with Crippen LogP contribution in [0.3, 0.4) is 0 Å². The first-order chi connectivity index (χ1) is 13.3. The molecule has 0 saturated heterocycles. The summed E-state index contributed by atoms with van der Waals surface area (Å²) in [5.74, 6) is 1.34. The van der Waals surface area contributed by atoms with Crippen LogP contribution in [0.5, 0.6) is 11.5 Å². The highest BCUT2D eigenvalue weighted by atomic mass is 19.4. The zero-order valence-corrected chi connectivity index (χ0v) is 15.4. The van der Waals surface area contributed by atoms with Gasteiger partial charge >= 0.3 is 6.18 Å². The van der Waals surface area contributed by atoms with Gasteiger partial charge in [-0.05, 0) is 36.4 Å². The van der Waals surface area contributed by atoms with Crippen molar-refractivity contribution >= 4 is 0 Å². The molecule has 1 aliphatic rings. The van der Waals surface area contributed by atoms with E-state index < -0.39 is 17.8 Å². The third-order valence-corrected chi connectivity index (χ3v) is 4.30. The quantitative estimate of drug-likeness (QED) is 0.740. The second kappa shape index (κ2) is 8.81. The number of likely N-dealkylation sites (N-methyl/N-ethyl adjacent to an activating group) is 1. The molecule has 1 unspecified atom stereocenters. The van der Waals surface area contributed by atoms with Gasteiger partial charge in [0.25, 0.3) is 0 Å². The molecule has 0 radical (unpaired) electrons. The fourth-order valence-corrected chi connectivity index (χ4v) is 3.05. The summed E-state index contributed by atoms with van der Waals surface area (Å²) in [4.78, 5) is 1.64. The maximum absolute atomic E-state index is 13.1. The lowest BCUT2D eigenvalue weighted by Gasteiger charge is -2.22. The molecular weight excluding hydrogens is 375 g/mol. The highest BCUT2D eigenvalue weighted by Crippen LogP contribution is 2.33. The van der Waals surface area contributed by atoms with E-state index >= 15 is 0 Å². The van der Waals surface area contributed by atoms with Crippen LogP contribution in [0.15, 0.2) is 42.5 Å². The highest BCUT2D eigenvalue weighted by molar-refractivity contribution is 5.44. The number of aliphatic hydroxyl groups excluding tert-OH is 1. The van der Waals surface area contributed by atoms with Crippen molar-refractivity contribution < 1.29 is 32.5 Å². The molecule has 0 aliphatic carbocycles. The van der Waals surface area contributed by atoms with Crippen LogP contribution < -0.4 is 9.47 Å². The van der Waals surface area contributed by atoms with E-state index in [9.17, 15) is 18.3 Å². The molecule has 0 fully saturated rings. The van der Waals surface area contributed by atoms with Crippen molar-refractivity contribution in [2.24, 2.45) is 0 Å². The van der Waals surface area contributed by atoms with E-state index in [1.165, 1.54) is 12.1 Å². The summed E-state index contributed by atoms with van der Waals surface area (Å²) in [5, 5.41) is 10.1. The lowest BCUT2D eigenvalue weighted by atomic mass is 10.1. The fraction of sp³-hybridized carbons (Fsp3) is 0.400. The van der Waals surface area contributed by atoms with Crippen LogP contribution in [0.25, 0.3) is 0 Å². The van der Waals surface area contributed by atoms with Gasteiger partial charge in [-0.15, -0.1) is 0 Å². The number of alkyl halides is 3. The molecule has 0 amide bonds. The minimum Gasteiger partial charge on any atom is -0.454 e. The summed E-state index contributed by atoms with van der Waals surface area (Å²) >= 11 is 0. The van der Waals surface area contributed by atoms with E-state index in [2.05, 4.69) is 0 Å². The zero-order chi connectivity index (χ0) is 20.1. The fourth-order valence-electron chi connectivity index (χ4n) is 3.05. The average molecular weight is 397 g/mol. The molecule has 1 N–H and O–H groups in total. The lowest BCUT2D eigenvalue weighted by molar-refractivity contribution is -0.138. The minimum absolute atomic E-state index is 0.0691. The van der Waals surface area contributed by atoms with Gasteiger partial charge in [-0.1, -0.05) is 24.3 Å². The number of fused-ring (bicyclic) bond motifs is 1. The molecule has 0 aromatic heterocycles. The molecule has 2 aromatic carbocycles. The van der Waals surface area contributed by atoms with Crippen molar-refractivity contribution in [1.82, 2.24) is 4.90 Å².